The van der Waals surface area contributed by atoms with Gasteiger partial charge in [0.2, 0.25) is 5.88 Å². The summed E-state index contributed by atoms with van der Waals surface area (Å²) in [7, 11) is 0. The van der Waals surface area contributed by atoms with Crippen LogP contribution in [0.3, 0.4) is 0 Å². The lowest BCUT2D eigenvalue weighted by Gasteiger charge is -2.11. The molecule has 0 amide bonds. The number of rotatable bonds is 4. The molecule has 0 bridgehead atoms. The van der Waals surface area contributed by atoms with E-state index >= 15 is 0 Å². The first-order chi connectivity index (χ1) is 10.3. The number of hydrogen-bond donors (Lipinski definition) is 1. The molecule has 0 aliphatic carbocycles. The van der Waals surface area contributed by atoms with Crippen molar-refractivity contribution < 1.29 is 9.13 Å². The van der Waals surface area contributed by atoms with Crippen molar-refractivity contribution in [2.24, 2.45) is 5.73 Å². The van der Waals surface area contributed by atoms with Crippen LogP contribution >= 0.6 is 0 Å². The van der Waals surface area contributed by atoms with E-state index in [9.17, 15) is 4.39 Å². The first-order valence-electron chi connectivity index (χ1n) is 6.72. The summed E-state index contributed by atoms with van der Waals surface area (Å²) in [5.74, 6) is 0.214. The first-order valence-corrected chi connectivity index (χ1v) is 6.72. The van der Waals surface area contributed by atoms with Gasteiger partial charge in [0, 0.05) is 23.7 Å². The van der Waals surface area contributed by atoms with Crippen LogP contribution in [0.5, 0.6) is 5.88 Å². The molecule has 0 aliphatic rings. The molecule has 0 saturated carbocycles. The molecule has 4 heteroatoms. The minimum Gasteiger partial charge on any atom is -0.472 e. The van der Waals surface area contributed by atoms with Gasteiger partial charge in [0.05, 0.1) is 0 Å². The lowest BCUT2D eigenvalue weighted by Crippen LogP contribution is -2.03. The summed E-state index contributed by atoms with van der Waals surface area (Å²) in [6, 6.07) is 14.3. The maximum Gasteiger partial charge on any atom is 0.221 e. The quantitative estimate of drug-likeness (QED) is 0.797. The van der Waals surface area contributed by atoms with Crippen LogP contribution in [0.2, 0.25) is 0 Å². The molecule has 0 radical (unpaired) electrons. The highest BCUT2D eigenvalue weighted by Gasteiger charge is 2.08. The number of ether oxygens (including phenoxy) is 1. The van der Waals surface area contributed by atoms with Crippen LogP contribution in [-0.2, 0) is 13.2 Å². The molecule has 1 aromatic heterocycles. The average molecular weight is 282 g/mol. The summed E-state index contributed by atoms with van der Waals surface area (Å²) < 4.78 is 19.3. The minimum atomic E-state index is -0.277. The predicted molar refractivity (Wildman–Crippen MR) is 80.4 cm³/mol. The SMILES string of the molecule is NCc1cnc(OCc2ccccc2F)c2ccccc12. The number of halogens is 1. The molecule has 1 heterocycles. The third-order valence-corrected chi connectivity index (χ3v) is 3.38. The van der Waals surface area contributed by atoms with Gasteiger partial charge in [0.1, 0.15) is 12.4 Å². The maximum absolute atomic E-state index is 13.6. The first kappa shape index (κ1) is 13.5. The molecule has 106 valence electrons. The summed E-state index contributed by atoms with van der Waals surface area (Å²) in [5, 5.41) is 1.90. The van der Waals surface area contributed by atoms with Crippen LogP contribution in [0, 0.1) is 5.82 Å². The molecule has 21 heavy (non-hydrogen) atoms. The van der Waals surface area contributed by atoms with Gasteiger partial charge in [-0.05, 0) is 23.1 Å². The Balaban J connectivity index is 1.93. The van der Waals surface area contributed by atoms with Crippen LogP contribution in [0.25, 0.3) is 10.8 Å². The fraction of sp³-hybridized carbons (Fsp3) is 0.118. The summed E-state index contributed by atoms with van der Waals surface area (Å²) in [5.41, 5.74) is 7.19. The standard InChI is InChI=1S/C17H15FN2O/c18-16-8-4-1-5-12(16)11-21-17-15-7-3-2-6-14(15)13(9-19)10-20-17/h1-8,10H,9,11,19H2. The summed E-state index contributed by atoms with van der Waals surface area (Å²) >= 11 is 0. The molecule has 0 fully saturated rings. The number of hydrogen-bond acceptors (Lipinski definition) is 3. The van der Waals surface area contributed by atoms with Gasteiger partial charge in [-0.1, -0.05) is 36.4 Å². The molecule has 3 nitrogen and oxygen atoms in total. The molecule has 0 unspecified atom stereocenters. The van der Waals surface area contributed by atoms with E-state index < -0.39 is 0 Å². The highest BCUT2D eigenvalue weighted by atomic mass is 19.1. The van der Waals surface area contributed by atoms with Crippen LogP contribution in [-0.4, -0.2) is 4.98 Å². The normalized spacial score (nSPS) is 10.8. The Morgan fingerprint density at radius 3 is 2.43 bits per heavy atom. The summed E-state index contributed by atoms with van der Waals surface area (Å²) in [4.78, 5) is 4.30. The Morgan fingerprint density at radius 2 is 1.67 bits per heavy atom. The second kappa shape index (κ2) is 5.89. The van der Waals surface area contributed by atoms with E-state index in [0.717, 1.165) is 16.3 Å². The van der Waals surface area contributed by atoms with Crippen LogP contribution < -0.4 is 10.5 Å². The molecule has 2 aromatic carbocycles. The molecule has 3 rings (SSSR count). The Kier molecular flexibility index (Phi) is 3.79. The highest BCUT2D eigenvalue weighted by Crippen LogP contribution is 2.26. The summed E-state index contributed by atoms with van der Waals surface area (Å²) in [6.07, 6.45) is 1.71. The van der Waals surface area contributed by atoms with Crippen molar-refractivity contribution in [3.05, 3.63) is 71.7 Å². The average Bonchev–Trinajstić information content (AvgIpc) is 2.54. The van der Waals surface area contributed by atoms with Gasteiger partial charge in [-0.3, -0.25) is 0 Å². The lowest BCUT2D eigenvalue weighted by molar-refractivity contribution is 0.292. The number of aromatic nitrogens is 1. The predicted octanol–water partition coefficient (Wildman–Crippen LogP) is 3.41. The molecule has 2 N–H and O–H groups in total. The smallest absolute Gasteiger partial charge is 0.221 e. The van der Waals surface area contributed by atoms with Crippen molar-refractivity contribution >= 4 is 10.8 Å². The lowest BCUT2D eigenvalue weighted by atomic mass is 10.1. The van der Waals surface area contributed by atoms with Crippen molar-refractivity contribution in [1.29, 1.82) is 0 Å². The van der Waals surface area contributed by atoms with Gasteiger partial charge in [-0.25, -0.2) is 9.37 Å². The van der Waals surface area contributed by atoms with Crippen LogP contribution in [0.4, 0.5) is 4.39 Å². The van der Waals surface area contributed by atoms with E-state index in [2.05, 4.69) is 4.98 Å². The van der Waals surface area contributed by atoms with Crippen molar-refractivity contribution in [3.8, 4) is 5.88 Å². The summed E-state index contributed by atoms with van der Waals surface area (Å²) in [6.45, 7) is 0.562. The third-order valence-electron chi connectivity index (χ3n) is 3.38. The Bertz CT molecular complexity index is 774. The number of fused-ring (bicyclic) bond motifs is 1. The Hall–Kier alpha value is -2.46. The zero-order valence-corrected chi connectivity index (χ0v) is 11.4. The van der Waals surface area contributed by atoms with E-state index in [-0.39, 0.29) is 12.4 Å². The van der Waals surface area contributed by atoms with Gasteiger partial charge >= 0.3 is 0 Å². The topological polar surface area (TPSA) is 48.1 Å². The second-order valence-corrected chi connectivity index (χ2v) is 4.72. The zero-order valence-electron chi connectivity index (χ0n) is 11.4. The number of nitrogens with two attached hydrogens (primary N) is 1. The van der Waals surface area contributed by atoms with Crippen LogP contribution in [0.1, 0.15) is 11.1 Å². The maximum atomic E-state index is 13.6. The third kappa shape index (κ3) is 2.71. The molecule has 3 aromatic rings. The van der Waals surface area contributed by atoms with Crippen LogP contribution in [0.15, 0.2) is 54.7 Å². The fourth-order valence-electron chi connectivity index (χ4n) is 2.26. The van der Waals surface area contributed by atoms with E-state index in [0.29, 0.717) is 18.0 Å². The van der Waals surface area contributed by atoms with E-state index in [1.807, 2.05) is 24.3 Å². The molecule has 0 aliphatic heterocycles. The van der Waals surface area contributed by atoms with Crippen molar-refractivity contribution in [1.82, 2.24) is 4.98 Å². The van der Waals surface area contributed by atoms with Crippen molar-refractivity contribution in [2.75, 3.05) is 0 Å². The van der Waals surface area contributed by atoms with Gasteiger partial charge < -0.3 is 10.5 Å². The fourth-order valence-corrected chi connectivity index (χ4v) is 2.26. The highest BCUT2D eigenvalue weighted by molar-refractivity contribution is 5.89. The number of benzene rings is 2. The van der Waals surface area contributed by atoms with Gasteiger partial charge in [-0.2, -0.15) is 0 Å². The largest absolute Gasteiger partial charge is 0.472 e. The second-order valence-electron chi connectivity index (χ2n) is 4.72. The Labute approximate surface area is 122 Å². The molecule has 0 saturated heterocycles. The number of pyridine rings is 1. The number of nitrogens with zero attached hydrogens (tertiary/aromatic N) is 1. The zero-order chi connectivity index (χ0) is 14.7. The van der Waals surface area contributed by atoms with E-state index in [1.165, 1.54) is 6.07 Å². The molecular weight excluding hydrogens is 267 g/mol. The van der Waals surface area contributed by atoms with E-state index in [4.69, 9.17) is 10.5 Å². The Morgan fingerprint density at radius 1 is 0.952 bits per heavy atom. The monoisotopic (exact) mass is 282 g/mol. The minimum absolute atomic E-state index is 0.144. The van der Waals surface area contributed by atoms with Gasteiger partial charge in [-0.15, -0.1) is 0 Å². The molecule has 0 atom stereocenters. The van der Waals surface area contributed by atoms with Gasteiger partial charge in [0.25, 0.3) is 0 Å². The van der Waals surface area contributed by atoms with Crippen molar-refractivity contribution in [2.45, 2.75) is 13.2 Å². The molecule has 0 spiro atoms. The van der Waals surface area contributed by atoms with E-state index in [1.54, 1.807) is 24.4 Å². The van der Waals surface area contributed by atoms with Gasteiger partial charge in [0.15, 0.2) is 0 Å². The van der Waals surface area contributed by atoms with Crippen molar-refractivity contribution in [3.63, 3.8) is 0 Å². The molecular formula is C17H15FN2O.